The maximum atomic E-state index is 5.26. The lowest BCUT2D eigenvalue weighted by atomic mass is 9.99. The molecule has 0 aliphatic heterocycles. The zero-order valence-corrected chi connectivity index (χ0v) is 10.2. The highest BCUT2D eigenvalue weighted by molar-refractivity contribution is 5.36. The quantitative estimate of drug-likeness (QED) is 0.867. The first-order chi connectivity index (χ1) is 8.35. The molecule has 0 aliphatic carbocycles. The Morgan fingerprint density at radius 2 is 1.65 bits per heavy atom. The van der Waals surface area contributed by atoms with Gasteiger partial charge in [0.2, 0.25) is 0 Å². The summed E-state index contributed by atoms with van der Waals surface area (Å²) in [6, 6.07) is 18.7. The number of rotatable bonds is 4. The average Bonchev–Trinajstić information content (AvgIpc) is 2.41. The molecule has 1 unspecified atom stereocenters. The molecule has 0 spiro atoms. The molecule has 0 saturated heterocycles. The second-order valence-corrected chi connectivity index (χ2v) is 3.91. The van der Waals surface area contributed by atoms with E-state index in [2.05, 4.69) is 41.7 Å². The fraction of sp³-hybridized carbons (Fsp3) is 0.200. The standard InChI is InChI=1S/C15H17NO/c1-16-15(12-7-4-3-5-8-12)13-9-6-10-14(11-13)17-2/h3-11,15-16H,1-2H3. The number of benzene rings is 2. The van der Waals surface area contributed by atoms with Crippen LogP contribution in [-0.2, 0) is 0 Å². The summed E-state index contributed by atoms with van der Waals surface area (Å²) in [6.07, 6.45) is 0. The summed E-state index contributed by atoms with van der Waals surface area (Å²) in [6.45, 7) is 0. The third-order valence-electron chi connectivity index (χ3n) is 2.85. The lowest BCUT2D eigenvalue weighted by Gasteiger charge is -2.17. The van der Waals surface area contributed by atoms with Crippen LogP contribution in [0.1, 0.15) is 17.2 Å². The zero-order chi connectivity index (χ0) is 12.1. The third-order valence-corrected chi connectivity index (χ3v) is 2.85. The molecule has 2 rings (SSSR count). The summed E-state index contributed by atoms with van der Waals surface area (Å²) in [7, 11) is 3.66. The minimum absolute atomic E-state index is 0.200. The van der Waals surface area contributed by atoms with Crippen molar-refractivity contribution in [2.45, 2.75) is 6.04 Å². The molecule has 2 nitrogen and oxygen atoms in total. The average molecular weight is 227 g/mol. The van der Waals surface area contributed by atoms with E-state index in [0.717, 1.165) is 5.75 Å². The lowest BCUT2D eigenvalue weighted by molar-refractivity contribution is 0.414. The smallest absolute Gasteiger partial charge is 0.119 e. The maximum Gasteiger partial charge on any atom is 0.119 e. The summed E-state index contributed by atoms with van der Waals surface area (Å²) in [5, 5.41) is 3.33. The monoisotopic (exact) mass is 227 g/mol. The van der Waals surface area contributed by atoms with Crippen LogP contribution in [0.5, 0.6) is 5.75 Å². The second-order valence-electron chi connectivity index (χ2n) is 3.91. The van der Waals surface area contributed by atoms with Gasteiger partial charge < -0.3 is 10.1 Å². The second kappa shape index (κ2) is 5.51. The predicted octanol–water partition coefficient (Wildman–Crippen LogP) is 3.00. The van der Waals surface area contributed by atoms with Crippen molar-refractivity contribution in [3.63, 3.8) is 0 Å². The highest BCUT2D eigenvalue weighted by Crippen LogP contribution is 2.24. The maximum absolute atomic E-state index is 5.26. The fourth-order valence-corrected chi connectivity index (χ4v) is 1.99. The Bertz CT molecular complexity index is 467. The van der Waals surface area contributed by atoms with Gasteiger partial charge in [-0.1, -0.05) is 42.5 Å². The van der Waals surface area contributed by atoms with Crippen molar-refractivity contribution in [3.8, 4) is 5.75 Å². The third kappa shape index (κ3) is 2.66. The van der Waals surface area contributed by atoms with Gasteiger partial charge in [0.25, 0.3) is 0 Å². The summed E-state index contributed by atoms with van der Waals surface area (Å²) in [5.74, 6) is 0.888. The Kier molecular flexibility index (Phi) is 3.78. The van der Waals surface area contributed by atoms with E-state index in [1.54, 1.807) is 7.11 Å². The molecule has 1 N–H and O–H groups in total. The van der Waals surface area contributed by atoms with Crippen LogP contribution in [0, 0.1) is 0 Å². The van der Waals surface area contributed by atoms with Gasteiger partial charge in [-0.2, -0.15) is 0 Å². The topological polar surface area (TPSA) is 21.3 Å². The molecule has 0 heterocycles. The number of ether oxygens (including phenoxy) is 1. The van der Waals surface area contributed by atoms with Crippen LogP contribution in [-0.4, -0.2) is 14.2 Å². The molecule has 0 amide bonds. The predicted molar refractivity (Wildman–Crippen MR) is 70.3 cm³/mol. The van der Waals surface area contributed by atoms with E-state index in [-0.39, 0.29) is 6.04 Å². The minimum Gasteiger partial charge on any atom is -0.497 e. The van der Waals surface area contributed by atoms with Crippen molar-refractivity contribution in [1.29, 1.82) is 0 Å². The molecule has 2 aromatic rings. The van der Waals surface area contributed by atoms with Gasteiger partial charge in [-0.05, 0) is 30.3 Å². The van der Waals surface area contributed by atoms with Crippen LogP contribution in [0.3, 0.4) is 0 Å². The van der Waals surface area contributed by atoms with Crippen LogP contribution < -0.4 is 10.1 Å². The van der Waals surface area contributed by atoms with Crippen molar-refractivity contribution in [1.82, 2.24) is 5.32 Å². The molecule has 1 atom stereocenters. The van der Waals surface area contributed by atoms with Gasteiger partial charge >= 0.3 is 0 Å². The van der Waals surface area contributed by atoms with Crippen LogP contribution in [0.15, 0.2) is 54.6 Å². The Morgan fingerprint density at radius 1 is 0.941 bits per heavy atom. The first kappa shape index (κ1) is 11.7. The molecule has 2 heteroatoms. The van der Waals surface area contributed by atoms with Crippen LogP contribution in [0.2, 0.25) is 0 Å². The van der Waals surface area contributed by atoms with Gasteiger partial charge in [0.1, 0.15) is 5.75 Å². The van der Waals surface area contributed by atoms with Crippen molar-refractivity contribution in [2.75, 3.05) is 14.2 Å². The van der Waals surface area contributed by atoms with E-state index in [1.165, 1.54) is 11.1 Å². The summed E-state index contributed by atoms with van der Waals surface area (Å²) >= 11 is 0. The molecule has 0 bridgehead atoms. The van der Waals surface area contributed by atoms with Gasteiger partial charge in [0, 0.05) is 0 Å². The Labute approximate surface area is 102 Å². The van der Waals surface area contributed by atoms with E-state index in [0.29, 0.717) is 0 Å². The SMILES string of the molecule is CNC(c1ccccc1)c1cccc(OC)c1. The number of nitrogens with one attached hydrogen (secondary N) is 1. The van der Waals surface area contributed by atoms with Crippen molar-refractivity contribution in [2.24, 2.45) is 0 Å². The fourth-order valence-electron chi connectivity index (χ4n) is 1.99. The molecule has 2 aromatic carbocycles. The van der Waals surface area contributed by atoms with E-state index in [4.69, 9.17) is 4.74 Å². The van der Waals surface area contributed by atoms with Crippen molar-refractivity contribution >= 4 is 0 Å². The molecule has 88 valence electrons. The molecule has 0 aromatic heterocycles. The highest BCUT2D eigenvalue weighted by atomic mass is 16.5. The number of hydrogen-bond acceptors (Lipinski definition) is 2. The first-order valence-corrected chi connectivity index (χ1v) is 5.71. The Hall–Kier alpha value is -1.80. The lowest BCUT2D eigenvalue weighted by Crippen LogP contribution is -2.17. The van der Waals surface area contributed by atoms with Crippen molar-refractivity contribution in [3.05, 3.63) is 65.7 Å². The minimum atomic E-state index is 0.200. The van der Waals surface area contributed by atoms with E-state index >= 15 is 0 Å². The zero-order valence-electron chi connectivity index (χ0n) is 10.2. The number of hydrogen-bond donors (Lipinski definition) is 1. The van der Waals surface area contributed by atoms with Gasteiger partial charge in [-0.3, -0.25) is 0 Å². The largest absolute Gasteiger partial charge is 0.497 e. The molecule has 17 heavy (non-hydrogen) atoms. The summed E-state index contributed by atoms with van der Waals surface area (Å²) in [5.41, 5.74) is 2.46. The summed E-state index contributed by atoms with van der Waals surface area (Å²) < 4.78 is 5.26. The van der Waals surface area contributed by atoms with Gasteiger partial charge in [0.15, 0.2) is 0 Å². The van der Waals surface area contributed by atoms with Gasteiger partial charge in [0.05, 0.1) is 13.2 Å². The van der Waals surface area contributed by atoms with Crippen LogP contribution in [0.25, 0.3) is 0 Å². The Balaban J connectivity index is 2.35. The van der Waals surface area contributed by atoms with Crippen LogP contribution >= 0.6 is 0 Å². The van der Waals surface area contributed by atoms with Crippen molar-refractivity contribution < 1.29 is 4.74 Å². The highest BCUT2D eigenvalue weighted by Gasteiger charge is 2.11. The molecular weight excluding hydrogens is 210 g/mol. The van der Waals surface area contributed by atoms with Gasteiger partial charge in [-0.15, -0.1) is 0 Å². The number of methoxy groups -OCH3 is 1. The molecule has 0 radical (unpaired) electrons. The van der Waals surface area contributed by atoms with E-state index < -0.39 is 0 Å². The first-order valence-electron chi connectivity index (χ1n) is 5.71. The molecule has 0 fully saturated rings. The van der Waals surface area contributed by atoms with E-state index in [9.17, 15) is 0 Å². The normalized spacial score (nSPS) is 12.1. The molecular formula is C15H17NO. The Morgan fingerprint density at radius 3 is 2.29 bits per heavy atom. The molecule has 0 aliphatic rings. The van der Waals surface area contributed by atoms with Crippen LogP contribution in [0.4, 0.5) is 0 Å². The summed E-state index contributed by atoms with van der Waals surface area (Å²) in [4.78, 5) is 0. The van der Waals surface area contributed by atoms with E-state index in [1.807, 2.05) is 25.2 Å². The molecule has 0 saturated carbocycles. The van der Waals surface area contributed by atoms with Gasteiger partial charge in [-0.25, -0.2) is 0 Å².